The van der Waals surface area contributed by atoms with E-state index in [0.29, 0.717) is 16.9 Å². The average Bonchev–Trinajstić information content (AvgIpc) is 2.60. The number of hydrogen-bond donors (Lipinski definition) is 1. The van der Waals surface area contributed by atoms with Crippen LogP contribution in [0.3, 0.4) is 0 Å². The average molecular weight is 378 g/mol. The van der Waals surface area contributed by atoms with Gasteiger partial charge in [0.2, 0.25) is 0 Å². The molecule has 8 heteroatoms. The molecule has 2 aromatic rings. The zero-order valence-corrected chi connectivity index (χ0v) is 15.4. The number of rotatable bonds is 7. The van der Waals surface area contributed by atoms with E-state index in [4.69, 9.17) is 0 Å². The topological polar surface area (TPSA) is 83.5 Å². The van der Waals surface area contributed by atoms with E-state index in [1.54, 1.807) is 30.3 Å². The van der Waals surface area contributed by atoms with Crippen LogP contribution >= 0.6 is 11.8 Å². The normalized spacial score (nSPS) is 11.0. The van der Waals surface area contributed by atoms with Gasteiger partial charge in [-0.05, 0) is 36.4 Å². The van der Waals surface area contributed by atoms with Crippen molar-refractivity contribution in [2.75, 3.05) is 21.8 Å². The third-order valence-corrected chi connectivity index (χ3v) is 5.58. The van der Waals surface area contributed by atoms with E-state index < -0.39 is 10.2 Å². The van der Waals surface area contributed by atoms with Gasteiger partial charge < -0.3 is 0 Å². The number of para-hydroxylation sites is 1. The van der Waals surface area contributed by atoms with Gasteiger partial charge in [0.25, 0.3) is 0 Å². The third-order valence-electron chi connectivity index (χ3n) is 3.34. The van der Waals surface area contributed by atoms with E-state index in [1.165, 1.54) is 38.2 Å². The van der Waals surface area contributed by atoms with Crippen LogP contribution in [0.25, 0.3) is 0 Å². The molecular weight excluding hydrogens is 360 g/mol. The van der Waals surface area contributed by atoms with Crippen LogP contribution in [0.1, 0.15) is 17.3 Å². The summed E-state index contributed by atoms with van der Waals surface area (Å²) < 4.78 is 28.4. The Hall–Kier alpha value is -2.32. The molecule has 1 N–H and O–H groups in total. The molecule has 0 aromatic heterocycles. The number of nitrogens with zero attached hydrogens (tertiary/aromatic N) is 1. The van der Waals surface area contributed by atoms with Crippen molar-refractivity contribution in [2.45, 2.75) is 6.92 Å². The number of ketones is 1. The number of hydrogen-bond acceptors (Lipinski definition) is 5. The molecule has 132 valence electrons. The van der Waals surface area contributed by atoms with E-state index in [-0.39, 0.29) is 16.7 Å². The Bertz CT molecular complexity index is 850. The highest BCUT2D eigenvalue weighted by Crippen LogP contribution is 2.19. The Balaban J connectivity index is 2.07. The largest absolute Gasteiger partial charge is 0.323 e. The summed E-state index contributed by atoms with van der Waals surface area (Å²) in [5, 5.41) is -0.123. The molecule has 2 rings (SSSR count). The number of anilines is 2. The van der Waals surface area contributed by atoms with Crippen molar-refractivity contribution in [2.24, 2.45) is 0 Å². The fraction of sp³-hybridized carbons (Fsp3) is 0.176. The molecule has 0 aliphatic heterocycles. The van der Waals surface area contributed by atoms with Gasteiger partial charge in [-0.3, -0.25) is 18.6 Å². The van der Waals surface area contributed by atoms with Crippen molar-refractivity contribution >= 4 is 44.2 Å². The van der Waals surface area contributed by atoms with Gasteiger partial charge >= 0.3 is 10.2 Å². The maximum atomic E-state index is 12.4. The van der Waals surface area contributed by atoms with Crippen molar-refractivity contribution in [3.8, 4) is 0 Å². The van der Waals surface area contributed by atoms with Gasteiger partial charge in [-0.25, -0.2) is 0 Å². The van der Waals surface area contributed by atoms with Crippen LogP contribution in [-0.2, 0) is 15.0 Å². The highest BCUT2D eigenvalue weighted by atomic mass is 32.2. The van der Waals surface area contributed by atoms with E-state index in [9.17, 15) is 18.0 Å². The van der Waals surface area contributed by atoms with Crippen LogP contribution in [0.15, 0.2) is 54.6 Å². The molecule has 0 amide bonds. The Labute approximate surface area is 151 Å². The lowest BCUT2D eigenvalue weighted by molar-refractivity contribution is -0.109. The summed E-state index contributed by atoms with van der Waals surface area (Å²) >= 11 is 0.943. The minimum Gasteiger partial charge on any atom is -0.293 e. The molecule has 0 fully saturated rings. The summed E-state index contributed by atoms with van der Waals surface area (Å²) in [6.45, 7) is 1.40. The first-order valence-corrected chi connectivity index (χ1v) is 9.80. The summed E-state index contributed by atoms with van der Waals surface area (Å²) in [6, 6.07) is 14.8. The molecule has 0 heterocycles. The maximum Gasteiger partial charge on any atom is 0.323 e. The van der Waals surface area contributed by atoms with Crippen molar-refractivity contribution < 1.29 is 18.0 Å². The van der Waals surface area contributed by atoms with Gasteiger partial charge in [-0.1, -0.05) is 30.0 Å². The lowest BCUT2D eigenvalue weighted by Crippen LogP contribution is -2.32. The minimum atomic E-state index is -3.77. The Morgan fingerprint density at radius 1 is 1.04 bits per heavy atom. The number of carbonyl (C=O) groups is 2. The van der Waals surface area contributed by atoms with Crippen molar-refractivity contribution in [3.63, 3.8) is 0 Å². The molecule has 0 radical (unpaired) electrons. The summed E-state index contributed by atoms with van der Waals surface area (Å²) in [6.07, 6.45) is 0. The minimum absolute atomic E-state index is 0.0666. The van der Waals surface area contributed by atoms with E-state index >= 15 is 0 Å². The SMILES string of the molecule is CC(=O)SCC(=O)c1ccc(NS(=O)(=O)N(C)c2ccccc2)cc1. The highest BCUT2D eigenvalue weighted by Gasteiger charge is 2.18. The molecule has 0 saturated heterocycles. The van der Waals surface area contributed by atoms with Gasteiger partial charge in [-0.15, -0.1) is 0 Å². The molecule has 0 bridgehead atoms. The van der Waals surface area contributed by atoms with Crippen LogP contribution < -0.4 is 9.03 Å². The van der Waals surface area contributed by atoms with Gasteiger partial charge in [0.15, 0.2) is 10.9 Å². The molecule has 0 spiro atoms. The monoisotopic (exact) mass is 378 g/mol. The first-order chi connectivity index (χ1) is 11.8. The molecule has 0 saturated carbocycles. The fourth-order valence-electron chi connectivity index (χ4n) is 1.97. The molecule has 25 heavy (non-hydrogen) atoms. The molecule has 0 atom stereocenters. The first kappa shape index (κ1) is 19.0. The fourth-order valence-corrected chi connectivity index (χ4v) is 3.44. The second kappa shape index (κ2) is 8.17. The van der Waals surface area contributed by atoms with Crippen molar-refractivity contribution in [1.29, 1.82) is 0 Å². The standard InChI is InChI=1S/C17H18N2O4S2/c1-13(20)24-12-17(21)14-8-10-15(11-9-14)18-25(22,23)19(2)16-6-4-3-5-7-16/h3-11,18H,12H2,1-2H3. The van der Waals surface area contributed by atoms with Gasteiger partial charge in [0.1, 0.15) is 0 Å². The number of benzene rings is 2. The Morgan fingerprint density at radius 3 is 2.20 bits per heavy atom. The number of thioether (sulfide) groups is 1. The van der Waals surface area contributed by atoms with E-state index in [1.807, 2.05) is 0 Å². The quantitative estimate of drug-likeness (QED) is 0.749. The second-order valence-electron chi connectivity index (χ2n) is 5.19. The van der Waals surface area contributed by atoms with Crippen LogP contribution in [0.5, 0.6) is 0 Å². The summed E-state index contributed by atoms with van der Waals surface area (Å²) in [4.78, 5) is 22.8. The lowest BCUT2D eigenvalue weighted by Gasteiger charge is -2.20. The zero-order chi connectivity index (χ0) is 18.4. The van der Waals surface area contributed by atoms with Crippen LogP contribution in [-0.4, -0.2) is 32.1 Å². The van der Waals surface area contributed by atoms with Crippen LogP contribution in [0.2, 0.25) is 0 Å². The lowest BCUT2D eigenvalue weighted by atomic mass is 10.1. The van der Waals surface area contributed by atoms with E-state index in [0.717, 1.165) is 16.1 Å². The van der Waals surface area contributed by atoms with E-state index in [2.05, 4.69) is 4.72 Å². The van der Waals surface area contributed by atoms with Gasteiger partial charge in [-0.2, -0.15) is 8.42 Å². The first-order valence-electron chi connectivity index (χ1n) is 7.38. The Morgan fingerprint density at radius 2 is 1.64 bits per heavy atom. The van der Waals surface area contributed by atoms with Gasteiger partial charge in [0, 0.05) is 19.5 Å². The van der Waals surface area contributed by atoms with Crippen LogP contribution in [0, 0.1) is 0 Å². The number of Topliss-reactive ketones (excluding diaryl/α,β-unsaturated/α-hetero) is 1. The molecule has 0 aliphatic rings. The second-order valence-corrected chi connectivity index (χ2v) is 8.05. The highest BCUT2D eigenvalue weighted by molar-refractivity contribution is 8.14. The maximum absolute atomic E-state index is 12.4. The smallest absolute Gasteiger partial charge is 0.293 e. The predicted molar refractivity (Wildman–Crippen MR) is 101 cm³/mol. The number of nitrogens with one attached hydrogen (secondary N) is 1. The molecule has 0 unspecified atom stereocenters. The molecular formula is C17H18N2O4S2. The van der Waals surface area contributed by atoms with Gasteiger partial charge in [0.05, 0.1) is 17.1 Å². The van der Waals surface area contributed by atoms with Crippen LogP contribution in [0.4, 0.5) is 11.4 Å². The third kappa shape index (κ3) is 5.33. The predicted octanol–water partition coefficient (Wildman–Crippen LogP) is 2.94. The Kier molecular flexibility index (Phi) is 6.22. The number of carbonyl (C=O) groups excluding carboxylic acids is 2. The molecule has 0 aliphatic carbocycles. The molecule has 6 nitrogen and oxygen atoms in total. The van der Waals surface area contributed by atoms with Crippen molar-refractivity contribution in [1.82, 2.24) is 0 Å². The van der Waals surface area contributed by atoms with Crippen molar-refractivity contribution in [3.05, 3.63) is 60.2 Å². The summed E-state index contributed by atoms with van der Waals surface area (Å²) in [7, 11) is -2.32. The zero-order valence-electron chi connectivity index (χ0n) is 13.8. The summed E-state index contributed by atoms with van der Waals surface area (Å²) in [5.41, 5.74) is 1.30. The molecule has 2 aromatic carbocycles. The summed E-state index contributed by atoms with van der Waals surface area (Å²) in [5.74, 6) is -0.118.